The maximum atomic E-state index is 9.68. The number of aliphatic hydroxyl groups excluding tert-OH is 1. The van der Waals surface area contributed by atoms with E-state index in [0.717, 1.165) is 43.9 Å². The van der Waals surface area contributed by atoms with Crippen molar-refractivity contribution in [2.75, 3.05) is 23.3 Å². The second kappa shape index (κ2) is 7.80. The molecule has 26 heavy (non-hydrogen) atoms. The molecular weight excluding hydrogens is 322 g/mol. The number of hydrogen-bond donors (Lipinski definition) is 2. The van der Waals surface area contributed by atoms with Crippen LogP contribution in [0.4, 0.5) is 11.4 Å². The standard InChI is InChI=1S/C22H27N3O/c1-15-10-17(3)19(11-16(15)2)14-24-20-4-5-22(18(12-20)13-23)25-8-6-21(26)7-9-25/h4-5,10-12,21,24,26H,6-9,14H2,1-3H3. The van der Waals surface area contributed by atoms with Gasteiger partial charge in [-0.1, -0.05) is 12.1 Å². The summed E-state index contributed by atoms with van der Waals surface area (Å²) in [6, 6.07) is 12.8. The van der Waals surface area contributed by atoms with Crippen molar-refractivity contribution in [3.05, 3.63) is 58.1 Å². The molecule has 1 fully saturated rings. The van der Waals surface area contributed by atoms with Gasteiger partial charge in [0, 0.05) is 25.3 Å². The molecule has 0 bridgehead atoms. The van der Waals surface area contributed by atoms with Crippen LogP contribution < -0.4 is 10.2 Å². The summed E-state index contributed by atoms with van der Waals surface area (Å²) in [7, 11) is 0. The monoisotopic (exact) mass is 349 g/mol. The lowest BCUT2D eigenvalue weighted by Gasteiger charge is -2.32. The Morgan fingerprint density at radius 2 is 1.77 bits per heavy atom. The van der Waals surface area contributed by atoms with Gasteiger partial charge in [-0.05, 0) is 74.1 Å². The zero-order chi connectivity index (χ0) is 18.7. The molecule has 1 heterocycles. The Labute approximate surface area is 156 Å². The molecule has 0 atom stereocenters. The van der Waals surface area contributed by atoms with Crippen LogP contribution in [-0.4, -0.2) is 24.3 Å². The van der Waals surface area contributed by atoms with Gasteiger partial charge in [-0.25, -0.2) is 0 Å². The summed E-state index contributed by atoms with van der Waals surface area (Å²) >= 11 is 0. The van der Waals surface area contributed by atoms with Crippen LogP contribution in [0.25, 0.3) is 0 Å². The fraction of sp³-hybridized carbons (Fsp3) is 0.409. The van der Waals surface area contributed by atoms with Gasteiger partial charge >= 0.3 is 0 Å². The third-order valence-corrected chi connectivity index (χ3v) is 5.36. The van der Waals surface area contributed by atoms with E-state index >= 15 is 0 Å². The lowest BCUT2D eigenvalue weighted by Crippen LogP contribution is -2.36. The molecule has 2 aromatic rings. The Balaban J connectivity index is 1.74. The number of nitriles is 1. The summed E-state index contributed by atoms with van der Waals surface area (Å²) in [4.78, 5) is 2.20. The number of anilines is 2. The minimum absolute atomic E-state index is 0.209. The number of aliphatic hydroxyl groups is 1. The summed E-state index contributed by atoms with van der Waals surface area (Å²) in [6.45, 7) is 8.74. The number of nitrogens with one attached hydrogen (secondary N) is 1. The predicted octanol–water partition coefficient (Wildman–Crippen LogP) is 4.06. The second-order valence-corrected chi connectivity index (χ2v) is 7.28. The van der Waals surface area contributed by atoms with Crippen LogP contribution in [0.3, 0.4) is 0 Å². The van der Waals surface area contributed by atoms with Crippen molar-refractivity contribution >= 4 is 11.4 Å². The molecule has 0 unspecified atom stereocenters. The first-order valence-electron chi connectivity index (χ1n) is 9.25. The van der Waals surface area contributed by atoms with Gasteiger partial charge in [0.15, 0.2) is 0 Å². The Morgan fingerprint density at radius 3 is 2.46 bits per heavy atom. The topological polar surface area (TPSA) is 59.3 Å². The van der Waals surface area contributed by atoms with Gasteiger partial charge in [0.2, 0.25) is 0 Å². The van der Waals surface area contributed by atoms with E-state index in [2.05, 4.69) is 49.2 Å². The smallest absolute Gasteiger partial charge is 0.101 e. The summed E-state index contributed by atoms with van der Waals surface area (Å²) in [5, 5.41) is 22.7. The Morgan fingerprint density at radius 1 is 1.08 bits per heavy atom. The molecule has 1 saturated heterocycles. The first kappa shape index (κ1) is 18.3. The molecule has 0 radical (unpaired) electrons. The van der Waals surface area contributed by atoms with Crippen LogP contribution in [0.15, 0.2) is 30.3 Å². The van der Waals surface area contributed by atoms with E-state index in [9.17, 15) is 10.4 Å². The molecule has 0 aliphatic carbocycles. The quantitative estimate of drug-likeness (QED) is 0.874. The van der Waals surface area contributed by atoms with Crippen molar-refractivity contribution in [1.82, 2.24) is 0 Å². The molecule has 0 aromatic heterocycles. The molecule has 4 heteroatoms. The Kier molecular flexibility index (Phi) is 5.49. The highest BCUT2D eigenvalue weighted by atomic mass is 16.3. The number of hydrogen-bond acceptors (Lipinski definition) is 4. The van der Waals surface area contributed by atoms with Crippen molar-refractivity contribution in [2.24, 2.45) is 0 Å². The summed E-state index contributed by atoms with van der Waals surface area (Å²) in [6.07, 6.45) is 1.31. The predicted molar refractivity (Wildman–Crippen MR) is 107 cm³/mol. The summed E-state index contributed by atoms with van der Waals surface area (Å²) in [5.41, 5.74) is 7.78. The third-order valence-electron chi connectivity index (χ3n) is 5.36. The second-order valence-electron chi connectivity index (χ2n) is 7.28. The van der Waals surface area contributed by atoms with Gasteiger partial charge in [-0.15, -0.1) is 0 Å². The van der Waals surface area contributed by atoms with E-state index < -0.39 is 0 Å². The van der Waals surface area contributed by atoms with E-state index in [1.807, 2.05) is 18.2 Å². The van der Waals surface area contributed by atoms with Crippen molar-refractivity contribution in [2.45, 2.75) is 46.3 Å². The van der Waals surface area contributed by atoms with Gasteiger partial charge in [0.25, 0.3) is 0 Å². The maximum absolute atomic E-state index is 9.68. The molecule has 3 rings (SSSR count). The lowest BCUT2D eigenvalue weighted by atomic mass is 10.0. The van der Waals surface area contributed by atoms with Crippen LogP contribution in [-0.2, 0) is 6.54 Å². The van der Waals surface area contributed by atoms with Crippen molar-refractivity contribution in [3.8, 4) is 6.07 Å². The number of nitrogens with zero attached hydrogens (tertiary/aromatic N) is 2. The van der Waals surface area contributed by atoms with Crippen LogP contribution >= 0.6 is 0 Å². The van der Waals surface area contributed by atoms with E-state index in [-0.39, 0.29) is 6.10 Å². The molecule has 0 saturated carbocycles. The zero-order valence-corrected chi connectivity index (χ0v) is 15.8. The lowest BCUT2D eigenvalue weighted by molar-refractivity contribution is 0.145. The van der Waals surface area contributed by atoms with Crippen LogP contribution in [0.5, 0.6) is 0 Å². The minimum Gasteiger partial charge on any atom is -0.393 e. The highest BCUT2D eigenvalue weighted by Gasteiger charge is 2.19. The van der Waals surface area contributed by atoms with Crippen LogP contribution in [0.2, 0.25) is 0 Å². The number of benzene rings is 2. The Hall–Kier alpha value is -2.51. The third kappa shape index (κ3) is 4.00. The van der Waals surface area contributed by atoms with Gasteiger partial charge < -0.3 is 15.3 Å². The largest absolute Gasteiger partial charge is 0.393 e. The first-order valence-corrected chi connectivity index (χ1v) is 9.25. The molecule has 2 aromatic carbocycles. The highest BCUT2D eigenvalue weighted by molar-refractivity contribution is 5.65. The fourth-order valence-electron chi connectivity index (χ4n) is 3.53. The van der Waals surface area contributed by atoms with E-state index in [0.29, 0.717) is 5.56 Å². The molecule has 136 valence electrons. The van der Waals surface area contributed by atoms with Gasteiger partial charge in [0.05, 0.1) is 17.4 Å². The molecule has 1 aliphatic heterocycles. The highest BCUT2D eigenvalue weighted by Crippen LogP contribution is 2.27. The average Bonchev–Trinajstić information content (AvgIpc) is 2.64. The van der Waals surface area contributed by atoms with Gasteiger partial charge in [-0.3, -0.25) is 0 Å². The molecule has 0 spiro atoms. The van der Waals surface area contributed by atoms with Crippen molar-refractivity contribution < 1.29 is 5.11 Å². The molecule has 0 amide bonds. The zero-order valence-electron chi connectivity index (χ0n) is 15.8. The fourth-order valence-corrected chi connectivity index (χ4v) is 3.53. The van der Waals surface area contributed by atoms with Crippen LogP contribution in [0.1, 0.15) is 40.7 Å². The average molecular weight is 349 g/mol. The van der Waals surface area contributed by atoms with E-state index in [1.165, 1.54) is 22.3 Å². The molecule has 2 N–H and O–H groups in total. The normalized spacial score (nSPS) is 15.0. The summed E-state index contributed by atoms with van der Waals surface area (Å²) < 4.78 is 0. The minimum atomic E-state index is -0.209. The number of rotatable bonds is 4. The van der Waals surface area contributed by atoms with Gasteiger partial charge in [-0.2, -0.15) is 5.26 Å². The number of aryl methyl sites for hydroxylation is 3. The molecular formula is C22H27N3O. The molecule has 1 aliphatic rings. The maximum Gasteiger partial charge on any atom is 0.101 e. The van der Waals surface area contributed by atoms with E-state index in [4.69, 9.17) is 0 Å². The molecule has 4 nitrogen and oxygen atoms in total. The van der Waals surface area contributed by atoms with Crippen LogP contribution in [0, 0.1) is 32.1 Å². The van der Waals surface area contributed by atoms with Crippen molar-refractivity contribution in [3.63, 3.8) is 0 Å². The van der Waals surface area contributed by atoms with Crippen molar-refractivity contribution in [1.29, 1.82) is 5.26 Å². The summed E-state index contributed by atoms with van der Waals surface area (Å²) in [5.74, 6) is 0. The van der Waals surface area contributed by atoms with E-state index in [1.54, 1.807) is 0 Å². The number of piperidine rings is 1. The Bertz CT molecular complexity index is 830. The first-order chi connectivity index (χ1) is 12.5. The SMILES string of the molecule is Cc1cc(C)c(CNc2ccc(N3CCC(O)CC3)c(C#N)c2)cc1C. The van der Waals surface area contributed by atoms with Gasteiger partial charge in [0.1, 0.15) is 6.07 Å².